The Hall–Kier alpha value is -1.93. The Morgan fingerprint density at radius 1 is 1.03 bits per heavy atom. The standard InChI is InChI=1S/C24H31N3O4S/c28-32(29,21-7-8-21)20-5-1-16(2-6-20)14-30-15-19-13-22(19)17-9-11-27(12-10-17)24-25-23(26-31-24)18-3-4-18/h1-2,5-6,17-19,21-22H,3-4,7-15H2/t19-,22+/m0/s1. The maximum atomic E-state index is 12.3. The van der Waals surface area contributed by atoms with Gasteiger partial charge in [0.15, 0.2) is 15.7 Å². The fraction of sp³-hybridized carbons (Fsp3) is 0.667. The lowest BCUT2D eigenvalue weighted by atomic mass is 9.91. The molecule has 7 nitrogen and oxygen atoms in total. The molecular weight excluding hydrogens is 426 g/mol. The largest absolute Gasteiger partial charge is 0.376 e. The SMILES string of the molecule is O=S(=O)(c1ccc(COC[C@@H]2C[C@@H]2C2CCN(c3nc(C4CC4)no3)CC2)cc1)C1CC1. The van der Waals surface area contributed by atoms with Crippen molar-refractivity contribution < 1.29 is 17.7 Å². The van der Waals surface area contributed by atoms with Crippen LogP contribution in [0.25, 0.3) is 0 Å². The Kier molecular flexibility index (Phi) is 5.25. The minimum absolute atomic E-state index is 0.157. The smallest absolute Gasteiger partial charge is 0.324 e. The summed E-state index contributed by atoms with van der Waals surface area (Å²) in [5, 5.41) is 3.99. The van der Waals surface area contributed by atoms with Gasteiger partial charge in [0.25, 0.3) is 0 Å². The maximum absolute atomic E-state index is 12.3. The van der Waals surface area contributed by atoms with Gasteiger partial charge >= 0.3 is 6.01 Å². The highest BCUT2D eigenvalue weighted by molar-refractivity contribution is 7.92. The van der Waals surface area contributed by atoms with Gasteiger partial charge in [0.05, 0.1) is 23.4 Å². The van der Waals surface area contributed by atoms with E-state index in [4.69, 9.17) is 9.26 Å². The molecule has 8 heteroatoms. The lowest BCUT2D eigenvalue weighted by molar-refractivity contribution is 0.104. The number of piperidine rings is 1. The number of benzene rings is 1. The van der Waals surface area contributed by atoms with E-state index in [-0.39, 0.29) is 5.25 Å². The summed E-state index contributed by atoms with van der Waals surface area (Å²) in [5.74, 6) is 3.61. The number of nitrogens with zero attached hydrogens (tertiary/aromatic N) is 3. The fourth-order valence-corrected chi connectivity index (χ4v) is 6.75. The van der Waals surface area contributed by atoms with Crippen molar-refractivity contribution in [2.45, 2.75) is 67.6 Å². The molecule has 1 aromatic heterocycles. The van der Waals surface area contributed by atoms with Gasteiger partial charge in [0.1, 0.15) is 0 Å². The van der Waals surface area contributed by atoms with Crippen molar-refractivity contribution in [1.82, 2.24) is 10.1 Å². The number of hydrogen-bond donors (Lipinski definition) is 0. The van der Waals surface area contributed by atoms with Gasteiger partial charge in [0.2, 0.25) is 0 Å². The highest BCUT2D eigenvalue weighted by atomic mass is 32.2. The van der Waals surface area contributed by atoms with Crippen molar-refractivity contribution in [3.8, 4) is 0 Å². The Labute approximate surface area is 189 Å². The van der Waals surface area contributed by atoms with Crippen LogP contribution in [0.5, 0.6) is 0 Å². The van der Waals surface area contributed by atoms with Gasteiger partial charge in [-0.15, -0.1) is 0 Å². The number of sulfone groups is 1. The van der Waals surface area contributed by atoms with Crippen LogP contribution in [0.3, 0.4) is 0 Å². The second-order valence-corrected chi connectivity index (χ2v) is 12.3. The highest BCUT2D eigenvalue weighted by Gasteiger charge is 2.44. The molecule has 0 spiro atoms. The summed E-state index contributed by atoms with van der Waals surface area (Å²) >= 11 is 0. The summed E-state index contributed by atoms with van der Waals surface area (Å²) in [6.07, 6.45) is 7.61. The Morgan fingerprint density at radius 3 is 2.47 bits per heavy atom. The molecule has 1 aromatic carbocycles. The lowest BCUT2D eigenvalue weighted by Gasteiger charge is -2.30. The molecule has 1 saturated heterocycles. The third-order valence-electron chi connectivity index (χ3n) is 7.58. The van der Waals surface area contributed by atoms with Crippen molar-refractivity contribution in [1.29, 1.82) is 0 Å². The van der Waals surface area contributed by atoms with Gasteiger partial charge in [0, 0.05) is 19.0 Å². The van der Waals surface area contributed by atoms with E-state index in [2.05, 4.69) is 15.0 Å². The van der Waals surface area contributed by atoms with E-state index >= 15 is 0 Å². The Balaban J connectivity index is 0.926. The van der Waals surface area contributed by atoms with Crippen LogP contribution in [0.1, 0.15) is 62.3 Å². The van der Waals surface area contributed by atoms with Gasteiger partial charge in [-0.1, -0.05) is 17.3 Å². The van der Waals surface area contributed by atoms with Gasteiger partial charge in [-0.05, 0) is 80.4 Å². The summed E-state index contributed by atoms with van der Waals surface area (Å²) in [5.41, 5.74) is 1.04. The molecule has 6 rings (SSSR count). The molecule has 0 radical (unpaired) electrons. The summed E-state index contributed by atoms with van der Waals surface area (Å²) in [7, 11) is -3.11. The van der Waals surface area contributed by atoms with Crippen LogP contribution in [-0.2, 0) is 21.2 Å². The Bertz CT molecular complexity index is 1050. The number of hydrogen-bond acceptors (Lipinski definition) is 7. The van der Waals surface area contributed by atoms with E-state index < -0.39 is 9.84 Å². The minimum atomic E-state index is -3.11. The van der Waals surface area contributed by atoms with Crippen molar-refractivity contribution in [3.05, 3.63) is 35.7 Å². The van der Waals surface area contributed by atoms with Crippen LogP contribution >= 0.6 is 0 Å². The second-order valence-electron chi connectivity index (χ2n) is 10.1. The summed E-state index contributed by atoms with van der Waals surface area (Å²) in [6.45, 7) is 3.33. The van der Waals surface area contributed by atoms with E-state index in [9.17, 15) is 8.42 Å². The van der Waals surface area contributed by atoms with Crippen LogP contribution in [0.4, 0.5) is 6.01 Å². The second kappa shape index (κ2) is 8.13. The molecule has 2 atom stereocenters. The molecule has 4 aliphatic rings. The van der Waals surface area contributed by atoms with Crippen LogP contribution in [-0.4, -0.2) is 43.5 Å². The molecule has 0 amide bonds. The Morgan fingerprint density at radius 2 is 1.78 bits per heavy atom. The first-order valence-corrected chi connectivity index (χ1v) is 13.6. The van der Waals surface area contributed by atoms with Crippen molar-refractivity contribution in [3.63, 3.8) is 0 Å². The van der Waals surface area contributed by atoms with E-state index in [1.165, 1.54) is 32.1 Å². The number of ether oxygens (including phenoxy) is 1. The predicted octanol–water partition coefficient (Wildman–Crippen LogP) is 3.95. The quantitative estimate of drug-likeness (QED) is 0.563. The number of aromatic nitrogens is 2. The summed E-state index contributed by atoms with van der Waals surface area (Å²) in [4.78, 5) is 7.28. The maximum Gasteiger partial charge on any atom is 0.324 e. The van der Waals surface area contributed by atoms with Crippen molar-refractivity contribution in [2.24, 2.45) is 17.8 Å². The molecule has 3 saturated carbocycles. The zero-order chi connectivity index (χ0) is 21.7. The van der Waals surface area contributed by atoms with Crippen molar-refractivity contribution in [2.75, 3.05) is 24.6 Å². The summed E-state index contributed by atoms with van der Waals surface area (Å²) < 4.78 is 36.0. The zero-order valence-corrected chi connectivity index (χ0v) is 19.2. The van der Waals surface area contributed by atoms with Crippen LogP contribution in [0, 0.1) is 17.8 Å². The number of rotatable bonds is 9. The monoisotopic (exact) mass is 457 g/mol. The molecule has 3 aliphatic carbocycles. The summed E-state index contributed by atoms with van der Waals surface area (Å²) in [6, 6.07) is 7.95. The first-order chi connectivity index (χ1) is 15.6. The molecule has 0 bridgehead atoms. The normalized spacial score (nSPS) is 26.4. The predicted molar refractivity (Wildman–Crippen MR) is 119 cm³/mol. The molecule has 172 valence electrons. The van der Waals surface area contributed by atoms with Crippen LogP contribution < -0.4 is 4.90 Å². The molecule has 0 N–H and O–H groups in total. The molecule has 2 heterocycles. The third-order valence-corrected chi connectivity index (χ3v) is 9.86. The first kappa shape index (κ1) is 20.7. The molecule has 1 aliphatic heterocycles. The van der Waals surface area contributed by atoms with Gasteiger partial charge in [-0.25, -0.2) is 8.42 Å². The van der Waals surface area contributed by atoms with E-state index in [0.29, 0.717) is 29.4 Å². The molecule has 32 heavy (non-hydrogen) atoms. The third kappa shape index (κ3) is 4.31. The molecule has 0 unspecified atom stereocenters. The highest BCUT2D eigenvalue weighted by Crippen LogP contribution is 2.48. The lowest BCUT2D eigenvalue weighted by Crippen LogP contribution is -2.34. The molecule has 2 aromatic rings. The fourth-order valence-electron chi connectivity index (χ4n) is 5.10. The van der Waals surface area contributed by atoms with E-state index in [1.807, 2.05) is 12.1 Å². The average Bonchev–Trinajstić information content (AvgIpc) is 3.67. The van der Waals surface area contributed by atoms with E-state index in [1.54, 1.807) is 12.1 Å². The van der Waals surface area contributed by atoms with Gasteiger partial charge in [-0.2, -0.15) is 4.98 Å². The van der Waals surface area contributed by atoms with E-state index in [0.717, 1.165) is 55.8 Å². The van der Waals surface area contributed by atoms with Gasteiger partial charge < -0.3 is 14.2 Å². The first-order valence-electron chi connectivity index (χ1n) is 12.1. The average molecular weight is 458 g/mol. The zero-order valence-electron chi connectivity index (χ0n) is 18.4. The molecular formula is C24H31N3O4S. The minimum Gasteiger partial charge on any atom is -0.376 e. The van der Waals surface area contributed by atoms with Crippen LogP contribution in [0.2, 0.25) is 0 Å². The van der Waals surface area contributed by atoms with Crippen LogP contribution in [0.15, 0.2) is 33.7 Å². The van der Waals surface area contributed by atoms with Crippen molar-refractivity contribution >= 4 is 15.9 Å². The topological polar surface area (TPSA) is 85.5 Å². The number of anilines is 1. The van der Waals surface area contributed by atoms with Gasteiger partial charge in [-0.3, -0.25) is 0 Å². The molecule has 4 fully saturated rings.